The molecule has 190 valence electrons. The van der Waals surface area contributed by atoms with Crippen molar-refractivity contribution in [3.63, 3.8) is 0 Å². The molecule has 4 aliphatic rings. The van der Waals surface area contributed by atoms with E-state index in [2.05, 4.69) is 66.5 Å². The lowest BCUT2D eigenvalue weighted by atomic mass is 9.47. The van der Waals surface area contributed by atoms with Crippen LogP contribution < -0.4 is 0 Å². The molecule has 2 unspecified atom stereocenters. The molecule has 0 radical (unpaired) electrons. The maximum absolute atomic E-state index is 10.9. The number of hydrogen-bond donors (Lipinski definition) is 1. The minimum absolute atomic E-state index is 0.00919. The van der Waals surface area contributed by atoms with Gasteiger partial charge >= 0.3 is 0 Å². The fourth-order valence-electron chi connectivity index (χ4n) is 7.98. The normalized spacial score (nSPS) is 41.8. The molecule has 0 saturated heterocycles. The molecular weight excluding hydrogens is 440 g/mol. The number of aliphatic hydroxyl groups is 1. The standard InChI is InChI=1S/C28H52O3Si2/c1-26(2,3)33(8,9)30-21-14-17-28(19-29)20(18-21)10-11-22-23-12-13-25(31-32(5,6)7)27(23,4)16-15-24(22)28/h10,21-25,29H,11-19H2,1-9H3/t21?,22-,23-,24+,25?,27-,28+/m0/s1. The van der Waals surface area contributed by atoms with E-state index in [1.54, 1.807) is 0 Å². The molecule has 4 rings (SSSR count). The van der Waals surface area contributed by atoms with Crippen LogP contribution in [0.3, 0.4) is 0 Å². The summed E-state index contributed by atoms with van der Waals surface area (Å²) in [6, 6.07) is 0. The number of aliphatic hydroxyl groups excluding tert-OH is 1. The van der Waals surface area contributed by atoms with Crippen molar-refractivity contribution in [2.75, 3.05) is 6.61 Å². The van der Waals surface area contributed by atoms with Gasteiger partial charge in [-0.3, -0.25) is 0 Å². The first-order valence-electron chi connectivity index (χ1n) is 13.8. The van der Waals surface area contributed by atoms with Gasteiger partial charge in [0.15, 0.2) is 16.6 Å². The van der Waals surface area contributed by atoms with Crippen LogP contribution in [0.2, 0.25) is 37.8 Å². The fourth-order valence-corrected chi connectivity index (χ4v) is 10.6. The van der Waals surface area contributed by atoms with E-state index in [9.17, 15) is 5.11 Å². The van der Waals surface area contributed by atoms with E-state index in [0.29, 0.717) is 36.1 Å². The van der Waals surface area contributed by atoms with E-state index in [4.69, 9.17) is 8.85 Å². The van der Waals surface area contributed by atoms with Crippen molar-refractivity contribution in [1.82, 2.24) is 0 Å². The van der Waals surface area contributed by atoms with Crippen molar-refractivity contribution in [2.24, 2.45) is 28.6 Å². The van der Waals surface area contributed by atoms with Gasteiger partial charge in [-0.15, -0.1) is 0 Å². The third-order valence-electron chi connectivity index (χ3n) is 10.7. The molecule has 4 aliphatic carbocycles. The minimum Gasteiger partial charge on any atom is -0.414 e. The molecule has 33 heavy (non-hydrogen) atoms. The van der Waals surface area contributed by atoms with Gasteiger partial charge in [-0.2, -0.15) is 0 Å². The number of rotatable bonds is 5. The highest BCUT2D eigenvalue weighted by atomic mass is 28.4. The Morgan fingerprint density at radius 2 is 1.67 bits per heavy atom. The Hall–Kier alpha value is 0.0538. The third-order valence-corrected chi connectivity index (χ3v) is 16.3. The van der Waals surface area contributed by atoms with Crippen LogP contribution in [0.5, 0.6) is 0 Å². The Bertz CT molecular complexity index is 764. The maximum Gasteiger partial charge on any atom is 0.192 e. The lowest BCUT2D eigenvalue weighted by molar-refractivity contribution is -0.0850. The molecule has 7 atom stereocenters. The molecule has 3 nitrogen and oxygen atoms in total. The zero-order valence-electron chi connectivity index (χ0n) is 23.1. The molecule has 0 aromatic heterocycles. The minimum atomic E-state index is -1.77. The first kappa shape index (κ1) is 26.1. The second kappa shape index (κ2) is 8.57. The predicted molar refractivity (Wildman–Crippen MR) is 143 cm³/mol. The van der Waals surface area contributed by atoms with Crippen molar-refractivity contribution in [1.29, 1.82) is 0 Å². The van der Waals surface area contributed by atoms with E-state index >= 15 is 0 Å². The summed E-state index contributed by atoms with van der Waals surface area (Å²) in [5, 5.41) is 11.1. The lowest BCUT2D eigenvalue weighted by Crippen LogP contribution is -2.55. The van der Waals surface area contributed by atoms with Crippen LogP contribution in [0.15, 0.2) is 11.6 Å². The van der Waals surface area contributed by atoms with E-state index in [1.165, 1.54) is 37.7 Å². The summed E-state index contributed by atoms with van der Waals surface area (Å²) in [6.07, 6.45) is 12.9. The van der Waals surface area contributed by atoms with Crippen LogP contribution in [0.25, 0.3) is 0 Å². The SMILES string of the molecule is CC(C)(C)[Si](C)(C)OC1CC[C@@]2(CO)C(=CC[C@@H]3[C@H]2CC[C@]2(C)C(O[Si](C)(C)C)CC[C@@H]32)C1. The summed E-state index contributed by atoms with van der Waals surface area (Å²) in [4.78, 5) is 0. The third kappa shape index (κ3) is 4.52. The van der Waals surface area contributed by atoms with Gasteiger partial charge in [0.2, 0.25) is 0 Å². The van der Waals surface area contributed by atoms with Crippen LogP contribution >= 0.6 is 0 Å². The molecule has 5 heteroatoms. The zero-order valence-corrected chi connectivity index (χ0v) is 25.1. The second-order valence-corrected chi connectivity index (χ2v) is 24.0. The van der Waals surface area contributed by atoms with Crippen molar-refractivity contribution >= 4 is 16.6 Å². The molecule has 0 amide bonds. The smallest absolute Gasteiger partial charge is 0.192 e. The molecular formula is C28H52O3Si2. The molecule has 3 saturated carbocycles. The molecule has 0 aliphatic heterocycles. The highest BCUT2D eigenvalue weighted by Gasteiger charge is 2.60. The van der Waals surface area contributed by atoms with Crippen molar-refractivity contribution in [3.8, 4) is 0 Å². The first-order chi connectivity index (χ1) is 15.1. The summed E-state index contributed by atoms with van der Waals surface area (Å²) >= 11 is 0. The molecule has 0 aromatic rings. The Morgan fingerprint density at radius 3 is 2.27 bits per heavy atom. The first-order valence-corrected chi connectivity index (χ1v) is 20.1. The van der Waals surface area contributed by atoms with E-state index < -0.39 is 16.6 Å². The highest BCUT2D eigenvalue weighted by Crippen LogP contribution is 2.65. The maximum atomic E-state index is 10.9. The molecule has 1 N–H and O–H groups in total. The van der Waals surface area contributed by atoms with Gasteiger partial charge in [0.1, 0.15) is 0 Å². The summed E-state index contributed by atoms with van der Waals surface area (Å²) in [5.41, 5.74) is 1.87. The van der Waals surface area contributed by atoms with Crippen molar-refractivity contribution in [2.45, 2.75) is 129 Å². The van der Waals surface area contributed by atoms with E-state index in [0.717, 1.165) is 25.2 Å². The zero-order chi connectivity index (χ0) is 24.4. The van der Waals surface area contributed by atoms with E-state index in [1.807, 2.05) is 0 Å². The van der Waals surface area contributed by atoms with Gasteiger partial charge in [0, 0.05) is 11.5 Å². The summed E-state index contributed by atoms with van der Waals surface area (Å²) in [7, 11) is -3.32. The van der Waals surface area contributed by atoms with E-state index in [-0.39, 0.29) is 10.5 Å². The Kier molecular flexibility index (Phi) is 6.79. The fraction of sp³-hybridized carbons (Fsp3) is 0.929. The summed E-state index contributed by atoms with van der Waals surface area (Å²) in [6.45, 7) is 21.7. The van der Waals surface area contributed by atoms with Gasteiger partial charge in [-0.05, 0) is 112 Å². The van der Waals surface area contributed by atoms with Crippen LogP contribution in [0, 0.1) is 28.6 Å². The van der Waals surface area contributed by atoms with Gasteiger partial charge in [-0.25, -0.2) is 0 Å². The van der Waals surface area contributed by atoms with Crippen LogP contribution in [0.4, 0.5) is 0 Å². The average Bonchev–Trinajstić information content (AvgIpc) is 3.01. The van der Waals surface area contributed by atoms with Gasteiger partial charge in [-0.1, -0.05) is 39.3 Å². The molecule has 0 bridgehead atoms. The van der Waals surface area contributed by atoms with Gasteiger partial charge < -0.3 is 14.0 Å². The Morgan fingerprint density at radius 1 is 0.970 bits per heavy atom. The number of allylic oxidation sites excluding steroid dienone is 1. The second-order valence-electron chi connectivity index (χ2n) is 14.7. The highest BCUT2D eigenvalue weighted by molar-refractivity contribution is 6.74. The number of hydrogen-bond acceptors (Lipinski definition) is 3. The van der Waals surface area contributed by atoms with Crippen LogP contribution in [0.1, 0.15) is 79.1 Å². The van der Waals surface area contributed by atoms with Crippen LogP contribution in [-0.4, -0.2) is 40.6 Å². The Balaban J connectivity index is 1.54. The lowest BCUT2D eigenvalue weighted by Gasteiger charge is -2.59. The molecule has 0 spiro atoms. The molecule has 0 heterocycles. The molecule has 3 fully saturated rings. The largest absolute Gasteiger partial charge is 0.414 e. The van der Waals surface area contributed by atoms with Gasteiger partial charge in [0.25, 0.3) is 0 Å². The quantitative estimate of drug-likeness (QED) is 0.318. The molecule has 0 aromatic carbocycles. The summed E-state index contributed by atoms with van der Waals surface area (Å²) in [5.74, 6) is 2.10. The van der Waals surface area contributed by atoms with Crippen LogP contribution in [-0.2, 0) is 8.85 Å². The monoisotopic (exact) mass is 492 g/mol. The number of fused-ring (bicyclic) bond motifs is 5. The predicted octanol–water partition coefficient (Wildman–Crippen LogP) is 7.53. The summed E-state index contributed by atoms with van der Waals surface area (Å²) < 4.78 is 13.6. The Labute approximate surface area is 206 Å². The topological polar surface area (TPSA) is 38.7 Å². The van der Waals surface area contributed by atoms with Crippen molar-refractivity contribution < 1.29 is 14.0 Å². The average molecular weight is 493 g/mol. The van der Waals surface area contributed by atoms with Crippen molar-refractivity contribution in [3.05, 3.63) is 11.6 Å². The van der Waals surface area contributed by atoms with Gasteiger partial charge in [0.05, 0.1) is 12.7 Å².